The van der Waals surface area contributed by atoms with Crippen LogP contribution in [0.2, 0.25) is 0 Å². The van der Waals surface area contributed by atoms with Gasteiger partial charge in [-0.25, -0.2) is 0 Å². The molecule has 0 spiro atoms. The van der Waals surface area contributed by atoms with Crippen molar-refractivity contribution in [2.24, 2.45) is 0 Å². The maximum absolute atomic E-state index is 9.03. The van der Waals surface area contributed by atoms with Crippen molar-refractivity contribution in [1.29, 1.82) is 0 Å². The van der Waals surface area contributed by atoms with Crippen molar-refractivity contribution in [1.82, 2.24) is 15.0 Å². The molecule has 4 rings (SSSR count). The van der Waals surface area contributed by atoms with Gasteiger partial charge in [0.2, 0.25) is 11.9 Å². The van der Waals surface area contributed by atoms with Crippen LogP contribution in [0.5, 0.6) is 11.5 Å². The number of anilines is 2. The maximum Gasteiger partial charge on any atom is 0.231 e. The summed E-state index contributed by atoms with van der Waals surface area (Å²) in [7, 11) is 0. The molecule has 306 valence electrons. The van der Waals surface area contributed by atoms with E-state index < -0.39 is 0 Å². The first kappa shape index (κ1) is 44.3. The smallest absolute Gasteiger partial charge is 0.231 e. The summed E-state index contributed by atoms with van der Waals surface area (Å²) in [5.41, 5.74) is 2.70. The van der Waals surface area contributed by atoms with Gasteiger partial charge in [-0.1, -0.05) is 66.7 Å². The molecule has 0 aliphatic rings. The summed E-state index contributed by atoms with van der Waals surface area (Å²) in [6.45, 7) is 8.99. The van der Waals surface area contributed by atoms with Crippen molar-refractivity contribution in [3.63, 3.8) is 0 Å². The predicted molar refractivity (Wildman–Crippen MR) is 212 cm³/mol. The van der Waals surface area contributed by atoms with E-state index >= 15 is 0 Å². The Morgan fingerprint density at radius 1 is 0.536 bits per heavy atom. The van der Waals surface area contributed by atoms with Crippen molar-refractivity contribution < 1.29 is 48.1 Å². The molecular formula is C41H57N5O10. The molecule has 15 nitrogen and oxygen atoms in total. The van der Waals surface area contributed by atoms with E-state index in [1.807, 2.05) is 90.7 Å². The largest absolute Gasteiger partial charge is 0.491 e. The minimum Gasteiger partial charge on any atom is -0.491 e. The van der Waals surface area contributed by atoms with Crippen molar-refractivity contribution >= 4 is 11.9 Å². The first-order valence-corrected chi connectivity index (χ1v) is 19.1. The summed E-state index contributed by atoms with van der Waals surface area (Å²) < 4.78 is 45.4. The summed E-state index contributed by atoms with van der Waals surface area (Å²) >= 11 is 0. The Morgan fingerprint density at radius 2 is 1.05 bits per heavy atom. The number of aromatic nitrogens is 3. The molecule has 0 saturated heterocycles. The highest BCUT2D eigenvalue weighted by Gasteiger charge is 2.18. The van der Waals surface area contributed by atoms with Crippen molar-refractivity contribution in [3.8, 4) is 22.9 Å². The molecule has 1 aromatic heterocycles. The molecule has 3 N–H and O–H groups in total. The summed E-state index contributed by atoms with van der Waals surface area (Å²) in [5, 5.41) is 21.3. The van der Waals surface area contributed by atoms with Crippen molar-refractivity contribution in [2.75, 3.05) is 122 Å². The van der Waals surface area contributed by atoms with Crippen LogP contribution in [0.4, 0.5) is 11.9 Å². The van der Waals surface area contributed by atoms with Crippen LogP contribution in [0, 0.1) is 0 Å². The quantitative estimate of drug-likeness (QED) is 0.0608. The van der Waals surface area contributed by atoms with E-state index in [0.717, 1.165) is 28.2 Å². The number of aliphatic hydroxyl groups is 2. The Morgan fingerprint density at radius 3 is 1.68 bits per heavy atom. The highest BCUT2D eigenvalue weighted by Crippen LogP contribution is 2.25. The summed E-state index contributed by atoms with van der Waals surface area (Å²) in [5.74, 6) is 2.82. The number of ether oxygens (including phenoxy) is 8. The third-order valence-electron chi connectivity index (χ3n) is 7.95. The van der Waals surface area contributed by atoms with Gasteiger partial charge in [0.25, 0.3) is 0 Å². The molecule has 0 amide bonds. The van der Waals surface area contributed by atoms with Gasteiger partial charge < -0.3 is 58.3 Å². The fraction of sp³-hybridized carbons (Fsp3) is 0.488. The van der Waals surface area contributed by atoms with E-state index in [0.29, 0.717) is 123 Å². The average Bonchev–Trinajstić information content (AvgIpc) is 3.23. The Labute approximate surface area is 329 Å². The molecule has 1 heterocycles. The number of nitrogens with zero attached hydrogens (tertiary/aromatic N) is 4. The highest BCUT2D eigenvalue weighted by molar-refractivity contribution is 5.58. The Hall–Kier alpha value is -4.45. The van der Waals surface area contributed by atoms with E-state index in [1.165, 1.54) is 0 Å². The highest BCUT2D eigenvalue weighted by atomic mass is 16.6. The zero-order chi connectivity index (χ0) is 39.3. The summed E-state index contributed by atoms with van der Waals surface area (Å²) in [4.78, 5) is 16.7. The molecule has 15 heteroatoms. The molecule has 0 atom stereocenters. The van der Waals surface area contributed by atoms with Gasteiger partial charge in [0.15, 0.2) is 5.82 Å². The number of benzene rings is 3. The minimum atomic E-state index is -0.0365. The van der Waals surface area contributed by atoms with Gasteiger partial charge in [0.1, 0.15) is 24.7 Å². The molecule has 0 radical (unpaired) electrons. The number of rotatable bonds is 32. The Balaban J connectivity index is 1.51. The number of hydrogen-bond acceptors (Lipinski definition) is 15. The molecule has 0 unspecified atom stereocenters. The van der Waals surface area contributed by atoms with Crippen LogP contribution in [-0.4, -0.2) is 137 Å². The van der Waals surface area contributed by atoms with Crippen molar-refractivity contribution in [3.05, 3.63) is 90.0 Å². The van der Waals surface area contributed by atoms with Crippen LogP contribution in [-0.2, 0) is 41.5 Å². The lowest BCUT2D eigenvalue weighted by atomic mass is 10.2. The van der Waals surface area contributed by atoms with Gasteiger partial charge in [-0.3, -0.25) is 0 Å². The zero-order valence-corrected chi connectivity index (χ0v) is 32.4. The molecule has 0 aliphatic heterocycles. The van der Waals surface area contributed by atoms with Crippen LogP contribution in [0.1, 0.15) is 18.1 Å². The standard InChI is InChI=1S/C41H57N5O10/c1-2-49-22-23-53-29-31-56-38-15-9-7-13-36(38)33-46(16-19-50-24-25-51-20-17-47)41-44-39(34-10-4-3-5-11-34)43-40(45-41)42-32-35-12-6-8-14-37(35)55-30-28-54-27-26-52-21-18-48/h3-15,47-48H,2,16-33H2,1H3,(H,42,43,44,45). The van der Waals surface area contributed by atoms with E-state index in [9.17, 15) is 0 Å². The van der Waals surface area contributed by atoms with Crippen LogP contribution >= 0.6 is 0 Å². The van der Waals surface area contributed by atoms with Crippen LogP contribution in [0.3, 0.4) is 0 Å². The van der Waals surface area contributed by atoms with Gasteiger partial charge in [-0.05, 0) is 19.1 Å². The average molecular weight is 780 g/mol. The van der Waals surface area contributed by atoms with E-state index in [-0.39, 0.29) is 19.8 Å². The molecule has 4 aromatic rings. The van der Waals surface area contributed by atoms with E-state index in [1.54, 1.807) is 0 Å². The van der Waals surface area contributed by atoms with Gasteiger partial charge in [-0.15, -0.1) is 0 Å². The van der Waals surface area contributed by atoms with Crippen LogP contribution < -0.4 is 19.7 Å². The first-order valence-electron chi connectivity index (χ1n) is 19.1. The van der Waals surface area contributed by atoms with Gasteiger partial charge in [0.05, 0.1) is 85.9 Å². The minimum absolute atomic E-state index is 0.0128. The molecule has 0 fully saturated rings. The van der Waals surface area contributed by atoms with Crippen LogP contribution in [0.25, 0.3) is 11.4 Å². The van der Waals surface area contributed by atoms with Gasteiger partial charge in [-0.2, -0.15) is 15.0 Å². The first-order chi connectivity index (χ1) is 27.7. The second kappa shape index (κ2) is 28.0. The zero-order valence-electron chi connectivity index (χ0n) is 32.4. The van der Waals surface area contributed by atoms with Gasteiger partial charge >= 0.3 is 0 Å². The number of hydrogen-bond donors (Lipinski definition) is 3. The third kappa shape index (κ3) is 17.1. The normalized spacial score (nSPS) is 11.1. The van der Waals surface area contributed by atoms with Crippen LogP contribution in [0.15, 0.2) is 78.9 Å². The molecule has 3 aromatic carbocycles. The fourth-order valence-electron chi connectivity index (χ4n) is 5.23. The monoisotopic (exact) mass is 779 g/mol. The Kier molecular flexibility index (Phi) is 22.2. The second-order valence-corrected chi connectivity index (χ2v) is 12.0. The molecule has 0 saturated carbocycles. The fourth-order valence-corrected chi connectivity index (χ4v) is 5.23. The SMILES string of the molecule is CCOCCOCCOc1ccccc1CN(CCOCCOCCO)c1nc(NCc2ccccc2OCCOCCOCCO)nc(-c2ccccc2)n1. The topological polar surface area (TPSA) is 168 Å². The molecule has 0 aliphatic carbocycles. The number of nitrogens with one attached hydrogen (secondary N) is 1. The lowest BCUT2D eigenvalue weighted by molar-refractivity contribution is 0.0246. The maximum atomic E-state index is 9.03. The van der Waals surface area contributed by atoms with E-state index in [2.05, 4.69) is 5.32 Å². The van der Waals surface area contributed by atoms with Crippen molar-refractivity contribution in [2.45, 2.75) is 20.0 Å². The summed E-state index contributed by atoms with van der Waals surface area (Å²) in [6, 6.07) is 25.4. The van der Waals surface area contributed by atoms with Gasteiger partial charge in [0, 0.05) is 42.9 Å². The summed E-state index contributed by atoms with van der Waals surface area (Å²) in [6.07, 6.45) is 0. The molecular weight excluding hydrogens is 722 g/mol. The lowest BCUT2D eigenvalue weighted by Crippen LogP contribution is -2.30. The lowest BCUT2D eigenvalue weighted by Gasteiger charge is -2.25. The Bertz CT molecular complexity index is 1610. The van der Waals surface area contributed by atoms with E-state index in [4.69, 9.17) is 63.1 Å². The third-order valence-corrected chi connectivity index (χ3v) is 7.95. The second-order valence-electron chi connectivity index (χ2n) is 12.0. The molecule has 0 bridgehead atoms. The molecule has 56 heavy (non-hydrogen) atoms. The predicted octanol–water partition coefficient (Wildman–Crippen LogP) is 4.02. The number of aliphatic hydroxyl groups excluding tert-OH is 2. The number of para-hydroxylation sites is 2.